The molecule has 2 atom stereocenters. The second kappa shape index (κ2) is 9.45. The summed E-state index contributed by atoms with van der Waals surface area (Å²) in [6.45, 7) is 7.97. The van der Waals surface area contributed by atoms with Crippen molar-refractivity contribution >= 4 is 22.4 Å². The number of nitrogens with zero attached hydrogens (tertiary/aromatic N) is 2. The number of aromatic nitrogens is 2. The van der Waals surface area contributed by atoms with Gasteiger partial charge in [-0.25, -0.2) is 9.97 Å². The fourth-order valence-corrected chi connectivity index (χ4v) is 3.75. The van der Waals surface area contributed by atoms with Crippen LogP contribution < -0.4 is 5.32 Å². The van der Waals surface area contributed by atoms with Crippen molar-refractivity contribution in [1.29, 1.82) is 5.41 Å². The third kappa shape index (κ3) is 4.75. The normalized spacial score (nSPS) is 20.9. The van der Waals surface area contributed by atoms with Gasteiger partial charge in [0.1, 0.15) is 11.5 Å². The zero-order chi connectivity index (χ0) is 19.9. The predicted octanol–water partition coefficient (Wildman–Crippen LogP) is 6.07. The van der Waals surface area contributed by atoms with Crippen LogP contribution in [0.4, 0.5) is 5.82 Å². The molecule has 2 unspecified atom stereocenters. The Morgan fingerprint density at radius 1 is 1.18 bits per heavy atom. The highest BCUT2D eigenvalue weighted by molar-refractivity contribution is 6.11. The lowest BCUT2D eigenvalue weighted by Gasteiger charge is -2.19. The van der Waals surface area contributed by atoms with Gasteiger partial charge >= 0.3 is 0 Å². The zero-order valence-corrected chi connectivity index (χ0v) is 16.9. The lowest BCUT2D eigenvalue weighted by molar-refractivity contribution is 0.502. The van der Waals surface area contributed by atoms with Crippen molar-refractivity contribution in [3.63, 3.8) is 0 Å². The summed E-state index contributed by atoms with van der Waals surface area (Å²) in [6.07, 6.45) is 13.4. The average molecular weight is 375 g/mol. The molecule has 4 heteroatoms. The third-order valence-corrected chi connectivity index (χ3v) is 5.44. The Kier molecular flexibility index (Phi) is 6.75. The number of hydrogen-bond donors (Lipinski definition) is 2. The molecule has 2 N–H and O–H groups in total. The van der Waals surface area contributed by atoms with Gasteiger partial charge < -0.3 is 5.32 Å². The van der Waals surface area contributed by atoms with Gasteiger partial charge in [-0.3, -0.25) is 5.41 Å². The van der Waals surface area contributed by atoms with Gasteiger partial charge in [0.2, 0.25) is 0 Å². The second-order valence-corrected chi connectivity index (χ2v) is 7.58. The maximum absolute atomic E-state index is 8.61. The van der Waals surface area contributed by atoms with E-state index in [0.717, 1.165) is 41.1 Å². The Bertz CT molecular complexity index is 910. The highest BCUT2D eigenvalue weighted by Gasteiger charge is 2.19. The molecule has 0 aliphatic heterocycles. The molecule has 1 aromatic heterocycles. The summed E-state index contributed by atoms with van der Waals surface area (Å²) in [4.78, 5) is 9.43. The van der Waals surface area contributed by atoms with E-state index in [1.54, 1.807) is 6.08 Å². The number of rotatable bonds is 6. The minimum absolute atomic E-state index is 0.323. The summed E-state index contributed by atoms with van der Waals surface area (Å²) in [5.41, 5.74) is 1.97. The molecule has 3 rings (SSSR count). The van der Waals surface area contributed by atoms with Crippen molar-refractivity contribution in [3.8, 4) is 0 Å². The molecule has 1 aliphatic carbocycles. The molecule has 2 aromatic rings. The fraction of sp³-hybridized carbons (Fsp3) is 0.375. The van der Waals surface area contributed by atoms with Gasteiger partial charge in [0.25, 0.3) is 0 Å². The van der Waals surface area contributed by atoms with E-state index in [1.165, 1.54) is 19.3 Å². The molecule has 1 fully saturated rings. The first-order chi connectivity index (χ1) is 13.6. The van der Waals surface area contributed by atoms with Crippen molar-refractivity contribution in [2.75, 3.05) is 5.32 Å². The van der Waals surface area contributed by atoms with Crippen molar-refractivity contribution in [2.45, 2.75) is 52.0 Å². The molecule has 0 spiro atoms. The van der Waals surface area contributed by atoms with Crippen LogP contribution in [0.15, 0.2) is 60.7 Å². The van der Waals surface area contributed by atoms with Crippen LogP contribution in [0.25, 0.3) is 10.9 Å². The molecule has 0 radical (unpaired) electrons. The Hall–Kier alpha value is -2.75. The van der Waals surface area contributed by atoms with Crippen LogP contribution in [-0.4, -0.2) is 21.7 Å². The summed E-state index contributed by atoms with van der Waals surface area (Å²) >= 11 is 0. The fourth-order valence-electron chi connectivity index (χ4n) is 3.75. The Labute approximate surface area is 168 Å². The molecule has 1 aromatic carbocycles. The quantitative estimate of drug-likeness (QED) is 0.366. The van der Waals surface area contributed by atoms with E-state index in [4.69, 9.17) is 10.4 Å². The molecule has 1 heterocycles. The van der Waals surface area contributed by atoms with E-state index in [9.17, 15) is 0 Å². The lowest BCUT2D eigenvalue weighted by atomic mass is 10.0. The second-order valence-electron chi connectivity index (χ2n) is 7.58. The molecule has 0 saturated heterocycles. The van der Waals surface area contributed by atoms with Gasteiger partial charge in [-0.1, -0.05) is 62.8 Å². The third-order valence-electron chi connectivity index (χ3n) is 5.44. The van der Waals surface area contributed by atoms with Gasteiger partial charge in [0, 0.05) is 11.4 Å². The summed E-state index contributed by atoms with van der Waals surface area (Å²) in [5.74, 6) is 2.09. The maximum atomic E-state index is 8.61. The largest absolute Gasteiger partial charge is 0.367 e. The topological polar surface area (TPSA) is 61.7 Å². The van der Waals surface area contributed by atoms with Gasteiger partial charge in [-0.15, -0.1) is 0 Å². The number of nitrogens with one attached hydrogen (secondary N) is 2. The Morgan fingerprint density at radius 2 is 2.00 bits per heavy atom. The van der Waals surface area contributed by atoms with Crippen LogP contribution in [0.3, 0.4) is 0 Å². The van der Waals surface area contributed by atoms with Crippen molar-refractivity contribution in [2.24, 2.45) is 5.92 Å². The van der Waals surface area contributed by atoms with Crippen LogP contribution >= 0.6 is 0 Å². The van der Waals surface area contributed by atoms with Gasteiger partial charge in [-0.05, 0) is 49.8 Å². The van der Waals surface area contributed by atoms with Gasteiger partial charge in [0.15, 0.2) is 5.82 Å². The van der Waals surface area contributed by atoms with E-state index in [2.05, 4.69) is 29.9 Å². The van der Waals surface area contributed by atoms with Crippen molar-refractivity contribution in [3.05, 3.63) is 66.5 Å². The number of fused-ring (bicyclic) bond motifs is 1. The van der Waals surface area contributed by atoms with E-state index >= 15 is 0 Å². The highest BCUT2D eigenvalue weighted by Crippen LogP contribution is 2.27. The van der Waals surface area contributed by atoms with E-state index in [-0.39, 0.29) is 0 Å². The summed E-state index contributed by atoms with van der Waals surface area (Å²) < 4.78 is 0. The van der Waals surface area contributed by atoms with Crippen LogP contribution in [-0.2, 0) is 0 Å². The summed E-state index contributed by atoms with van der Waals surface area (Å²) in [7, 11) is 0. The van der Waals surface area contributed by atoms with Gasteiger partial charge in [-0.2, -0.15) is 0 Å². The standard InChI is InChI=1S/C24H30N4/c1-4-6-11-18(5-2)22(25)24-27-21-14-8-7-13-20(21)23(28-24)26-19-12-9-10-17(3)15-16-19/h4-8,11,13-14,17,19,25H,1,9-10,12,15-16H2,2-3H3,(H,26,27,28)/b11-6-,18-5+,25-22?. The number of anilines is 1. The summed E-state index contributed by atoms with van der Waals surface area (Å²) in [5, 5.41) is 13.3. The number of para-hydroxylation sites is 1. The molecule has 0 amide bonds. The SMILES string of the molecule is C=C/C=C\C(=C/C)C(=N)c1nc(NC2CCCC(C)CC2)c2ccccc2n1. The Balaban J connectivity index is 1.96. The minimum Gasteiger partial charge on any atom is -0.367 e. The summed E-state index contributed by atoms with van der Waals surface area (Å²) in [6, 6.07) is 8.46. The maximum Gasteiger partial charge on any atom is 0.180 e. The smallest absolute Gasteiger partial charge is 0.180 e. The zero-order valence-electron chi connectivity index (χ0n) is 16.9. The van der Waals surface area contributed by atoms with Crippen LogP contribution in [0.1, 0.15) is 51.8 Å². The van der Waals surface area contributed by atoms with E-state index < -0.39 is 0 Å². The van der Waals surface area contributed by atoms with Crippen LogP contribution in [0.2, 0.25) is 0 Å². The van der Waals surface area contributed by atoms with Crippen LogP contribution in [0.5, 0.6) is 0 Å². The number of hydrogen-bond acceptors (Lipinski definition) is 4. The molecule has 28 heavy (non-hydrogen) atoms. The van der Waals surface area contributed by atoms with Crippen molar-refractivity contribution < 1.29 is 0 Å². The highest BCUT2D eigenvalue weighted by atomic mass is 15.1. The predicted molar refractivity (Wildman–Crippen MR) is 119 cm³/mol. The minimum atomic E-state index is 0.323. The molecule has 1 aliphatic rings. The van der Waals surface area contributed by atoms with Crippen molar-refractivity contribution in [1.82, 2.24) is 9.97 Å². The molecule has 146 valence electrons. The molecule has 1 saturated carbocycles. The molecular formula is C24H30N4. The first-order valence-electron chi connectivity index (χ1n) is 10.2. The first-order valence-corrected chi connectivity index (χ1v) is 10.2. The van der Waals surface area contributed by atoms with E-state index in [1.807, 2.05) is 43.4 Å². The van der Waals surface area contributed by atoms with Crippen LogP contribution in [0, 0.1) is 11.3 Å². The average Bonchev–Trinajstić information content (AvgIpc) is 2.92. The monoisotopic (exact) mass is 374 g/mol. The Morgan fingerprint density at radius 3 is 2.79 bits per heavy atom. The van der Waals surface area contributed by atoms with E-state index in [0.29, 0.717) is 17.6 Å². The molecular weight excluding hydrogens is 344 g/mol. The first kappa shape index (κ1) is 20.0. The molecule has 0 bridgehead atoms. The number of allylic oxidation sites excluding steroid dienone is 5. The lowest BCUT2D eigenvalue weighted by Crippen LogP contribution is -2.21. The molecule has 4 nitrogen and oxygen atoms in total. The number of benzene rings is 1. The van der Waals surface area contributed by atoms with Gasteiger partial charge in [0.05, 0.1) is 5.52 Å².